The quantitative estimate of drug-likeness (QED) is 0.723. The lowest BCUT2D eigenvalue weighted by molar-refractivity contribution is -0.116. The Balaban J connectivity index is 1.90. The number of carbonyl (C=O) groups is 1. The number of anilines is 1. The molecule has 4 nitrogen and oxygen atoms in total. The van der Waals surface area contributed by atoms with E-state index in [-0.39, 0.29) is 5.91 Å². The van der Waals surface area contributed by atoms with Gasteiger partial charge < -0.3 is 5.32 Å². The van der Waals surface area contributed by atoms with Crippen LogP contribution in [0.25, 0.3) is 28.1 Å². The van der Waals surface area contributed by atoms with E-state index in [1.165, 1.54) is 0 Å². The first-order valence-electron chi connectivity index (χ1n) is 7.72. The molecule has 0 aliphatic rings. The van der Waals surface area contributed by atoms with E-state index < -0.39 is 0 Å². The molecule has 0 aliphatic heterocycles. The van der Waals surface area contributed by atoms with Crippen molar-refractivity contribution < 1.29 is 4.79 Å². The second kappa shape index (κ2) is 6.48. The van der Waals surface area contributed by atoms with Crippen LogP contribution in [0.1, 0.15) is 25.3 Å². The second-order valence-corrected chi connectivity index (χ2v) is 5.46. The molecule has 116 valence electrons. The summed E-state index contributed by atoms with van der Waals surface area (Å²) in [4.78, 5) is 11.7. The molecule has 0 aliphatic carbocycles. The number of aromatic amines is 1. The van der Waals surface area contributed by atoms with Crippen molar-refractivity contribution in [2.45, 2.75) is 19.8 Å². The van der Waals surface area contributed by atoms with Gasteiger partial charge in [0.15, 0.2) is 5.82 Å². The Labute approximate surface area is 135 Å². The summed E-state index contributed by atoms with van der Waals surface area (Å²) in [5, 5.41) is 11.0. The van der Waals surface area contributed by atoms with Crippen LogP contribution in [-0.2, 0) is 4.79 Å². The minimum absolute atomic E-state index is 0.00927. The topological polar surface area (TPSA) is 57.8 Å². The number of hydrogen-bond acceptors (Lipinski definition) is 2. The summed E-state index contributed by atoms with van der Waals surface area (Å²) in [6.07, 6.45) is 3.15. The van der Waals surface area contributed by atoms with E-state index in [0.29, 0.717) is 12.2 Å². The fourth-order valence-electron chi connectivity index (χ4n) is 2.53. The van der Waals surface area contributed by atoms with Crippen molar-refractivity contribution in [1.82, 2.24) is 10.2 Å². The zero-order valence-electron chi connectivity index (χ0n) is 13.1. The van der Waals surface area contributed by atoms with E-state index in [2.05, 4.69) is 34.2 Å². The number of benzene rings is 2. The van der Waals surface area contributed by atoms with Crippen molar-refractivity contribution in [2.24, 2.45) is 0 Å². The monoisotopic (exact) mass is 305 g/mol. The third kappa shape index (κ3) is 3.16. The molecule has 0 bridgehead atoms. The van der Waals surface area contributed by atoms with Crippen LogP contribution in [0, 0.1) is 0 Å². The predicted octanol–water partition coefficient (Wildman–Crippen LogP) is 4.61. The van der Waals surface area contributed by atoms with Crippen molar-refractivity contribution in [1.29, 1.82) is 0 Å². The highest BCUT2D eigenvalue weighted by atomic mass is 16.1. The van der Waals surface area contributed by atoms with Gasteiger partial charge in [-0.15, -0.1) is 0 Å². The van der Waals surface area contributed by atoms with Crippen molar-refractivity contribution in [3.63, 3.8) is 0 Å². The summed E-state index contributed by atoms with van der Waals surface area (Å²) in [6.45, 7) is 5.74. The van der Waals surface area contributed by atoms with Crippen molar-refractivity contribution in [3.8, 4) is 11.1 Å². The van der Waals surface area contributed by atoms with Gasteiger partial charge in [0.1, 0.15) is 0 Å². The molecule has 1 aromatic heterocycles. The van der Waals surface area contributed by atoms with Crippen LogP contribution < -0.4 is 5.32 Å². The first-order valence-corrected chi connectivity index (χ1v) is 7.72. The normalized spacial score (nSPS) is 10.7. The maximum atomic E-state index is 11.7. The van der Waals surface area contributed by atoms with Crippen LogP contribution in [0.4, 0.5) is 5.82 Å². The summed E-state index contributed by atoms with van der Waals surface area (Å²) < 4.78 is 0. The number of nitrogens with one attached hydrogen (secondary N) is 2. The Kier molecular flexibility index (Phi) is 4.24. The van der Waals surface area contributed by atoms with Gasteiger partial charge in [0.2, 0.25) is 5.91 Å². The Morgan fingerprint density at radius 2 is 1.96 bits per heavy atom. The Morgan fingerprint density at radius 1 is 1.22 bits per heavy atom. The summed E-state index contributed by atoms with van der Waals surface area (Å²) in [6, 6.07) is 14.3. The molecule has 1 heterocycles. The van der Waals surface area contributed by atoms with Crippen LogP contribution in [0.15, 0.2) is 49.0 Å². The molecular formula is C19H19N3O. The standard InChI is InChI=1S/C19H19N3O/c1-3-5-18(23)20-19-16-11-10-15(12-17(16)21-22-19)14-8-6-13(4-2)7-9-14/h4,6-12H,2-3,5H2,1H3,(H2,20,21,22,23). The average molecular weight is 305 g/mol. The molecule has 0 atom stereocenters. The van der Waals surface area contributed by atoms with E-state index >= 15 is 0 Å². The summed E-state index contributed by atoms with van der Waals surface area (Å²) >= 11 is 0. The fourth-order valence-corrected chi connectivity index (χ4v) is 2.53. The maximum Gasteiger partial charge on any atom is 0.225 e. The second-order valence-electron chi connectivity index (χ2n) is 5.46. The number of carbonyl (C=O) groups excluding carboxylic acids is 1. The zero-order chi connectivity index (χ0) is 16.2. The smallest absolute Gasteiger partial charge is 0.225 e. The van der Waals surface area contributed by atoms with E-state index in [0.717, 1.165) is 34.0 Å². The molecule has 2 aromatic carbocycles. The predicted molar refractivity (Wildman–Crippen MR) is 95.2 cm³/mol. The van der Waals surface area contributed by atoms with Crippen LogP contribution in [0.2, 0.25) is 0 Å². The molecule has 0 saturated carbocycles. The Hall–Kier alpha value is -2.88. The molecule has 23 heavy (non-hydrogen) atoms. The molecule has 0 radical (unpaired) electrons. The fraction of sp³-hybridized carbons (Fsp3) is 0.158. The number of H-pyrrole nitrogens is 1. The molecule has 3 rings (SSSR count). The molecule has 0 spiro atoms. The van der Waals surface area contributed by atoms with Crippen LogP contribution in [0.5, 0.6) is 0 Å². The number of nitrogens with zero attached hydrogens (tertiary/aromatic N) is 1. The van der Waals surface area contributed by atoms with Gasteiger partial charge in [-0.3, -0.25) is 9.89 Å². The molecular weight excluding hydrogens is 286 g/mol. The summed E-state index contributed by atoms with van der Waals surface area (Å²) in [5.41, 5.74) is 4.23. The van der Waals surface area contributed by atoms with E-state index in [1.54, 1.807) is 0 Å². The third-order valence-electron chi connectivity index (χ3n) is 3.78. The molecule has 4 heteroatoms. The van der Waals surface area contributed by atoms with Gasteiger partial charge >= 0.3 is 0 Å². The van der Waals surface area contributed by atoms with Gasteiger partial charge in [0, 0.05) is 11.8 Å². The van der Waals surface area contributed by atoms with Crippen molar-refractivity contribution >= 4 is 28.7 Å². The van der Waals surface area contributed by atoms with Crippen molar-refractivity contribution in [2.75, 3.05) is 5.32 Å². The van der Waals surface area contributed by atoms with Gasteiger partial charge in [0.25, 0.3) is 0 Å². The molecule has 0 saturated heterocycles. The number of fused-ring (bicyclic) bond motifs is 1. The van der Waals surface area contributed by atoms with E-state index in [1.807, 2.05) is 43.3 Å². The van der Waals surface area contributed by atoms with E-state index in [9.17, 15) is 4.79 Å². The molecule has 2 N–H and O–H groups in total. The molecule has 3 aromatic rings. The van der Waals surface area contributed by atoms with Gasteiger partial charge in [-0.25, -0.2) is 0 Å². The van der Waals surface area contributed by atoms with Crippen LogP contribution in [0.3, 0.4) is 0 Å². The molecule has 0 fully saturated rings. The minimum atomic E-state index is -0.00927. The Morgan fingerprint density at radius 3 is 2.65 bits per heavy atom. The number of rotatable bonds is 5. The highest BCUT2D eigenvalue weighted by molar-refractivity contribution is 6.00. The number of hydrogen-bond donors (Lipinski definition) is 2. The first kappa shape index (κ1) is 15.0. The SMILES string of the molecule is C=Cc1ccc(-c2ccc3c(NC(=O)CCC)n[nH]c3c2)cc1. The summed E-state index contributed by atoms with van der Waals surface area (Å²) in [5.74, 6) is 0.581. The van der Waals surface area contributed by atoms with Gasteiger partial charge in [-0.05, 0) is 35.2 Å². The number of amides is 1. The third-order valence-corrected chi connectivity index (χ3v) is 3.78. The highest BCUT2D eigenvalue weighted by Crippen LogP contribution is 2.27. The lowest BCUT2D eigenvalue weighted by Crippen LogP contribution is -2.10. The van der Waals surface area contributed by atoms with Gasteiger partial charge in [0.05, 0.1) is 5.52 Å². The summed E-state index contributed by atoms with van der Waals surface area (Å²) in [7, 11) is 0. The van der Waals surface area contributed by atoms with Crippen LogP contribution in [-0.4, -0.2) is 16.1 Å². The van der Waals surface area contributed by atoms with Crippen LogP contribution >= 0.6 is 0 Å². The largest absolute Gasteiger partial charge is 0.309 e. The molecule has 0 unspecified atom stereocenters. The highest BCUT2D eigenvalue weighted by Gasteiger charge is 2.09. The van der Waals surface area contributed by atoms with Gasteiger partial charge in [-0.2, -0.15) is 5.10 Å². The average Bonchev–Trinajstić information content (AvgIpc) is 2.97. The first-order chi connectivity index (χ1) is 11.2. The lowest BCUT2D eigenvalue weighted by Gasteiger charge is -2.04. The molecule has 1 amide bonds. The van der Waals surface area contributed by atoms with Crippen molar-refractivity contribution in [3.05, 3.63) is 54.6 Å². The van der Waals surface area contributed by atoms with E-state index in [4.69, 9.17) is 0 Å². The van der Waals surface area contributed by atoms with Gasteiger partial charge in [-0.1, -0.05) is 49.9 Å². The Bertz CT molecular complexity index is 847. The zero-order valence-corrected chi connectivity index (χ0v) is 13.1. The minimum Gasteiger partial charge on any atom is -0.309 e. The maximum absolute atomic E-state index is 11.7. The lowest BCUT2D eigenvalue weighted by atomic mass is 10.0. The number of aromatic nitrogens is 2.